The number of hydrogen-bond acceptors (Lipinski definition) is 0. The fourth-order valence-electron chi connectivity index (χ4n) is 1.42. The minimum absolute atomic E-state index is 0.231. The fourth-order valence-corrected chi connectivity index (χ4v) is 2.49. The van der Waals surface area contributed by atoms with Gasteiger partial charge in [0, 0.05) is 12.8 Å². The summed E-state index contributed by atoms with van der Waals surface area (Å²) in [5.74, 6) is 0. The van der Waals surface area contributed by atoms with Crippen LogP contribution in [0.5, 0.6) is 0 Å². The first kappa shape index (κ1) is 6.30. The second kappa shape index (κ2) is 2.19. The maximum atomic E-state index is 2.42. The normalized spacial score (nSPS) is 27.8. The summed E-state index contributed by atoms with van der Waals surface area (Å²) in [6, 6.07) is 0. The van der Waals surface area contributed by atoms with E-state index in [-0.39, 0.29) is 9.68 Å². The number of quaternary nitrogens is 1. The number of rotatable bonds is 1. The van der Waals surface area contributed by atoms with Gasteiger partial charge in [0.25, 0.3) is 9.68 Å². The van der Waals surface area contributed by atoms with Crippen molar-refractivity contribution in [2.45, 2.75) is 19.4 Å². The van der Waals surface area contributed by atoms with Gasteiger partial charge in [0.2, 0.25) is 0 Å². The van der Waals surface area contributed by atoms with Gasteiger partial charge in [-0.1, -0.05) is 0 Å². The number of likely N-dealkylation sites (tertiary alicyclic amines) is 1. The van der Waals surface area contributed by atoms with Crippen molar-refractivity contribution in [3.05, 3.63) is 0 Å². The van der Waals surface area contributed by atoms with Crippen LogP contribution in [0.15, 0.2) is 0 Å². The first-order chi connectivity index (χ1) is 3.77. The van der Waals surface area contributed by atoms with Crippen LogP contribution in [0.3, 0.4) is 0 Å². The Kier molecular flexibility index (Phi) is 1.73. The molecule has 2 heteroatoms. The van der Waals surface area contributed by atoms with Crippen molar-refractivity contribution in [2.75, 3.05) is 20.1 Å². The van der Waals surface area contributed by atoms with E-state index in [0.29, 0.717) is 0 Å². The lowest BCUT2D eigenvalue weighted by Crippen LogP contribution is -2.42. The average molecular weight is 130 g/mol. The molecule has 0 aromatic heterocycles. The minimum Gasteiger partial charge on any atom is -0.391 e. The van der Waals surface area contributed by atoms with Crippen molar-refractivity contribution in [1.82, 2.24) is 0 Å². The van der Waals surface area contributed by atoms with Gasteiger partial charge in [-0.3, -0.25) is 0 Å². The molecule has 0 amide bonds. The van der Waals surface area contributed by atoms with Gasteiger partial charge in [0.15, 0.2) is 0 Å². The molecule has 1 nitrogen and oxygen atoms in total. The highest BCUT2D eigenvalue weighted by Gasteiger charge is 2.22. The minimum atomic E-state index is 0.231. The van der Waals surface area contributed by atoms with Gasteiger partial charge in [0.05, 0.1) is 20.1 Å². The molecule has 48 valence electrons. The van der Waals surface area contributed by atoms with E-state index in [1.807, 2.05) is 0 Å². The fraction of sp³-hybridized carbons (Fsp3) is 1.00. The highest BCUT2D eigenvalue weighted by molar-refractivity contribution is 6.24. The summed E-state index contributed by atoms with van der Waals surface area (Å²) in [5.41, 5.74) is 0. The van der Waals surface area contributed by atoms with Crippen LogP contribution in [0.4, 0.5) is 0 Å². The van der Waals surface area contributed by atoms with Crippen LogP contribution in [0.1, 0.15) is 12.8 Å². The van der Waals surface area contributed by atoms with E-state index in [0.717, 1.165) is 0 Å². The largest absolute Gasteiger partial charge is 0.391 e. The molecule has 0 radical (unpaired) electrons. The molecule has 0 aliphatic carbocycles. The first-order valence-corrected chi connectivity index (χ1v) is 5.65. The molecule has 0 unspecified atom stereocenters. The second-order valence-corrected chi connectivity index (χ2v) is 5.25. The molecule has 1 fully saturated rings. The standard InChI is InChI=1S/C6H16NSi/c1-7(8-2)5-3-4-6-7/h3-6,8H2,1-2H3/q+1. The Balaban J connectivity index is 2.40. The SMILES string of the molecule is C[SiH2][N+]1(C)CCCC1. The van der Waals surface area contributed by atoms with E-state index >= 15 is 0 Å². The van der Waals surface area contributed by atoms with Crippen molar-refractivity contribution in [2.24, 2.45) is 0 Å². The molecule has 1 aliphatic rings. The lowest BCUT2D eigenvalue weighted by molar-refractivity contribution is -0.786. The zero-order valence-corrected chi connectivity index (χ0v) is 7.40. The van der Waals surface area contributed by atoms with Crippen molar-refractivity contribution < 1.29 is 4.15 Å². The summed E-state index contributed by atoms with van der Waals surface area (Å²) < 4.78 is 1.46. The van der Waals surface area contributed by atoms with Gasteiger partial charge >= 0.3 is 0 Å². The predicted molar refractivity (Wildman–Crippen MR) is 39.6 cm³/mol. The van der Waals surface area contributed by atoms with Gasteiger partial charge in [0.1, 0.15) is 0 Å². The van der Waals surface area contributed by atoms with Crippen molar-refractivity contribution in [1.29, 1.82) is 0 Å². The van der Waals surface area contributed by atoms with Gasteiger partial charge < -0.3 is 4.15 Å². The molecular weight excluding hydrogens is 114 g/mol. The molecule has 1 saturated heterocycles. The molecular formula is C6H16NSi+. The molecule has 0 bridgehead atoms. The summed E-state index contributed by atoms with van der Waals surface area (Å²) in [6.45, 7) is 5.37. The summed E-state index contributed by atoms with van der Waals surface area (Å²) in [4.78, 5) is 0. The number of nitrogens with zero attached hydrogens (tertiary/aromatic N) is 1. The van der Waals surface area contributed by atoms with E-state index in [9.17, 15) is 0 Å². The van der Waals surface area contributed by atoms with Crippen molar-refractivity contribution in [3.8, 4) is 0 Å². The molecule has 0 N–H and O–H groups in total. The van der Waals surface area contributed by atoms with E-state index in [4.69, 9.17) is 0 Å². The van der Waals surface area contributed by atoms with E-state index in [1.165, 1.54) is 30.1 Å². The summed E-state index contributed by atoms with van der Waals surface area (Å²) in [6.07, 6.45) is 2.97. The Morgan fingerprint density at radius 2 is 1.75 bits per heavy atom. The van der Waals surface area contributed by atoms with Crippen LogP contribution in [-0.2, 0) is 0 Å². The Bertz CT molecular complexity index is 76.6. The van der Waals surface area contributed by atoms with Gasteiger partial charge in [-0.25, -0.2) is 0 Å². The van der Waals surface area contributed by atoms with Crippen molar-refractivity contribution >= 4 is 9.68 Å². The zero-order valence-electron chi connectivity index (χ0n) is 5.98. The van der Waals surface area contributed by atoms with Crippen LogP contribution in [-0.4, -0.2) is 34.0 Å². The Hall–Kier alpha value is 0.177. The monoisotopic (exact) mass is 130 g/mol. The third-order valence-electron chi connectivity index (χ3n) is 2.41. The van der Waals surface area contributed by atoms with Crippen molar-refractivity contribution in [3.63, 3.8) is 0 Å². The molecule has 8 heavy (non-hydrogen) atoms. The van der Waals surface area contributed by atoms with Gasteiger partial charge in [-0.05, 0) is 6.55 Å². The summed E-state index contributed by atoms with van der Waals surface area (Å²) in [7, 11) is 2.65. The molecule has 1 rings (SSSR count). The second-order valence-electron chi connectivity index (χ2n) is 3.09. The average Bonchev–Trinajstić information content (AvgIpc) is 2.17. The Labute approximate surface area is 54.2 Å². The van der Waals surface area contributed by atoms with Crippen LogP contribution in [0.2, 0.25) is 6.55 Å². The molecule has 1 heterocycles. The maximum absolute atomic E-state index is 2.42. The van der Waals surface area contributed by atoms with Gasteiger partial charge in [-0.15, -0.1) is 0 Å². The van der Waals surface area contributed by atoms with Crippen LogP contribution in [0, 0.1) is 0 Å². The van der Waals surface area contributed by atoms with E-state index < -0.39 is 0 Å². The molecule has 1 aliphatic heterocycles. The van der Waals surface area contributed by atoms with Crippen LogP contribution >= 0.6 is 0 Å². The highest BCUT2D eigenvalue weighted by Crippen LogP contribution is 2.13. The molecule has 0 spiro atoms. The molecule has 0 aromatic carbocycles. The molecule has 0 aromatic rings. The third kappa shape index (κ3) is 1.12. The Morgan fingerprint density at radius 1 is 1.25 bits per heavy atom. The molecule has 0 atom stereocenters. The highest BCUT2D eigenvalue weighted by atomic mass is 28.2. The summed E-state index contributed by atoms with van der Waals surface area (Å²) >= 11 is 0. The zero-order chi connectivity index (χ0) is 6.04. The lowest BCUT2D eigenvalue weighted by Gasteiger charge is -2.28. The first-order valence-electron chi connectivity index (χ1n) is 3.60. The third-order valence-corrected chi connectivity index (χ3v) is 4.57. The maximum Gasteiger partial charge on any atom is 0.251 e. The van der Waals surface area contributed by atoms with Crippen LogP contribution in [0.25, 0.3) is 0 Å². The predicted octanol–water partition coefficient (Wildman–Crippen LogP) is 0.359. The smallest absolute Gasteiger partial charge is 0.251 e. The van der Waals surface area contributed by atoms with E-state index in [1.54, 1.807) is 0 Å². The lowest BCUT2D eigenvalue weighted by atomic mass is 10.4. The van der Waals surface area contributed by atoms with Crippen LogP contribution < -0.4 is 0 Å². The van der Waals surface area contributed by atoms with E-state index in [2.05, 4.69) is 13.6 Å². The quantitative estimate of drug-likeness (QED) is 0.450. The number of hydrogen-bond donors (Lipinski definition) is 0. The Morgan fingerprint density at radius 3 is 2.00 bits per heavy atom. The summed E-state index contributed by atoms with van der Waals surface area (Å²) in [5, 5.41) is 0. The molecule has 0 saturated carbocycles. The van der Waals surface area contributed by atoms with Gasteiger partial charge in [-0.2, -0.15) is 0 Å². The topological polar surface area (TPSA) is 0 Å².